The van der Waals surface area contributed by atoms with Gasteiger partial charge in [-0.15, -0.1) is 22.7 Å². The number of ether oxygens (including phenoxy) is 1. The molecule has 0 radical (unpaired) electrons. The summed E-state index contributed by atoms with van der Waals surface area (Å²) in [6.45, 7) is 3.07. The second-order valence-electron chi connectivity index (χ2n) is 8.09. The third-order valence-electron chi connectivity index (χ3n) is 5.24. The predicted octanol–water partition coefficient (Wildman–Crippen LogP) is 4.94. The van der Waals surface area contributed by atoms with E-state index in [9.17, 15) is 14.4 Å². The summed E-state index contributed by atoms with van der Waals surface area (Å²) in [7, 11) is 0. The first-order valence-electron chi connectivity index (χ1n) is 11.6. The number of rotatable bonds is 13. The fourth-order valence-electron chi connectivity index (χ4n) is 3.55. The lowest BCUT2D eigenvalue weighted by atomic mass is 10.1. The molecule has 0 fully saturated rings. The number of alkyl carbamates (subject to hydrolysis) is 1. The van der Waals surface area contributed by atoms with Crippen molar-refractivity contribution >= 4 is 40.6 Å². The van der Waals surface area contributed by atoms with Gasteiger partial charge in [-0.3, -0.25) is 9.59 Å². The van der Waals surface area contributed by atoms with Gasteiger partial charge in [0.1, 0.15) is 12.6 Å². The number of amides is 3. The van der Waals surface area contributed by atoms with Gasteiger partial charge in [-0.1, -0.05) is 42.5 Å². The van der Waals surface area contributed by atoms with Gasteiger partial charge in [0.15, 0.2) is 0 Å². The van der Waals surface area contributed by atoms with E-state index in [4.69, 9.17) is 4.74 Å². The van der Waals surface area contributed by atoms with Crippen LogP contribution in [0.3, 0.4) is 0 Å². The van der Waals surface area contributed by atoms with Crippen molar-refractivity contribution < 1.29 is 19.1 Å². The van der Waals surface area contributed by atoms with Crippen molar-refractivity contribution in [2.75, 3.05) is 6.54 Å². The molecule has 186 valence electrons. The molecule has 2 N–H and O–H groups in total. The molecule has 3 rings (SSSR count). The largest absolute Gasteiger partial charge is 0.445 e. The average molecular weight is 514 g/mol. The van der Waals surface area contributed by atoms with Crippen molar-refractivity contribution in [3.63, 3.8) is 0 Å². The summed E-state index contributed by atoms with van der Waals surface area (Å²) < 4.78 is 5.21. The Labute approximate surface area is 214 Å². The van der Waals surface area contributed by atoms with Crippen molar-refractivity contribution in [3.05, 3.63) is 80.7 Å². The van der Waals surface area contributed by atoms with Gasteiger partial charge in [-0.05, 0) is 47.7 Å². The van der Waals surface area contributed by atoms with E-state index in [1.165, 1.54) is 6.92 Å². The molecule has 0 saturated carbocycles. The van der Waals surface area contributed by atoms with E-state index in [1.54, 1.807) is 27.6 Å². The van der Waals surface area contributed by atoms with Gasteiger partial charge in [-0.25, -0.2) is 4.79 Å². The summed E-state index contributed by atoms with van der Waals surface area (Å²) in [5, 5.41) is 9.54. The van der Waals surface area contributed by atoms with Crippen molar-refractivity contribution in [2.24, 2.45) is 0 Å². The van der Waals surface area contributed by atoms with Crippen molar-refractivity contribution in [2.45, 2.75) is 51.9 Å². The summed E-state index contributed by atoms with van der Waals surface area (Å²) >= 11 is 3.21. The van der Waals surface area contributed by atoms with E-state index in [2.05, 4.69) is 10.6 Å². The molecule has 0 bridgehead atoms. The maximum absolute atomic E-state index is 13.5. The van der Waals surface area contributed by atoms with E-state index >= 15 is 0 Å². The van der Waals surface area contributed by atoms with Crippen molar-refractivity contribution in [1.29, 1.82) is 0 Å². The first-order chi connectivity index (χ1) is 17.0. The Morgan fingerprint density at radius 3 is 2.14 bits per heavy atom. The summed E-state index contributed by atoms with van der Waals surface area (Å²) in [4.78, 5) is 41.2. The fourth-order valence-corrected chi connectivity index (χ4v) is 4.99. The van der Waals surface area contributed by atoms with Gasteiger partial charge in [0.25, 0.3) is 0 Å². The predicted molar refractivity (Wildman–Crippen MR) is 139 cm³/mol. The Morgan fingerprint density at radius 2 is 1.57 bits per heavy atom. The maximum atomic E-state index is 13.5. The molecular weight excluding hydrogens is 482 g/mol. The SMILES string of the molecule is CC(=O)N[C@@H](CCCCNC(=O)OCc1ccccc1)C(=O)N(Cc1cccs1)Cc1cccs1. The normalized spacial score (nSPS) is 11.5. The van der Waals surface area contributed by atoms with Crippen LogP contribution in [-0.4, -0.2) is 35.4 Å². The zero-order chi connectivity index (χ0) is 24.9. The number of benzene rings is 1. The molecule has 1 atom stereocenters. The molecule has 0 unspecified atom stereocenters. The molecule has 1 aromatic carbocycles. The summed E-state index contributed by atoms with van der Waals surface area (Å²) in [6.07, 6.45) is 1.35. The van der Waals surface area contributed by atoms with Crippen molar-refractivity contribution in [1.82, 2.24) is 15.5 Å². The Hall–Kier alpha value is -3.17. The minimum Gasteiger partial charge on any atom is -0.445 e. The zero-order valence-corrected chi connectivity index (χ0v) is 21.4. The molecule has 35 heavy (non-hydrogen) atoms. The number of hydrogen-bond acceptors (Lipinski definition) is 6. The lowest BCUT2D eigenvalue weighted by Gasteiger charge is -2.27. The van der Waals surface area contributed by atoms with Gasteiger partial charge >= 0.3 is 6.09 Å². The smallest absolute Gasteiger partial charge is 0.407 e. The summed E-state index contributed by atoms with van der Waals surface area (Å²) in [6, 6.07) is 16.8. The van der Waals surface area contributed by atoms with Crippen LogP contribution in [-0.2, 0) is 34.0 Å². The second kappa shape index (κ2) is 14.3. The third-order valence-corrected chi connectivity index (χ3v) is 6.96. The average Bonchev–Trinajstić information content (AvgIpc) is 3.56. The fraction of sp³-hybridized carbons (Fsp3) is 0.346. The maximum Gasteiger partial charge on any atom is 0.407 e. The van der Waals surface area contributed by atoms with E-state index in [1.807, 2.05) is 65.4 Å². The Morgan fingerprint density at radius 1 is 0.914 bits per heavy atom. The molecule has 0 aliphatic rings. The third kappa shape index (κ3) is 9.54. The minimum atomic E-state index is -0.613. The van der Waals surface area contributed by atoms with E-state index in [-0.39, 0.29) is 18.4 Å². The Kier molecular flexibility index (Phi) is 10.8. The number of nitrogens with one attached hydrogen (secondary N) is 2. The number of carbonyl (C=O) groups excluding carboxylic acids is 3. The molecule has 2 heterocycles. The Bertz CT molecular complexity index is 1000. The van der Waals surface area contributed by atoms with Gasteiger partial charge < -0.3 is 20.3 Å². The van der Waals surface area contributed by atoms with Gasteiger partial charge in [0, 0.05) is 23.2 Å². The van der Waals surface area contributed by atoms with Gasteiger partial charge in [-0.2, -0.15) is 0 Å². The first kappa shape index (κ1) is 26.4. The molecule has 9 heteroatoms. The lowest BCUT2D eigenvalue weighted by molar-refractivity contribution is -0.137. The summed E-state index contributed by atoms with van der Waals surface area (Å²) in [5.41, 5.74) is 0.925. The van der Waals surface area contributed by atoms with Crippen LogP contribution >= 0.6 is 22.7 Å². The lowest BCUT2D eigenvalue weighted by Crippen LogP contribution is -2.47. The monoisotopic (exact) mass is 513 g/mol. The highest BCUT2D eigenvalue weighted by atomic mass is 32.1. The van der Waals surface area contributed by atoms with Crippen LogP contribution in [0, 0.1) is 0 Å². The molecule has 3 aromatic rings. The highest BCUT2D eigenvalue weighted by Gasteiger charge is 2.25. The molecule has 0 aliphatic carbocycles. The van der Waals surface area contributed by atoms with Crippen LogP contribution in [0.5, 0.6) is 0 Å². The number of unbranched alkanes of at least 4 members (excludes halogenated alkanes) is 1. The number of nitrogens with zero attached hydrogens (tertiary/aromatic N) is 1. The van der Waals surface area contributed by atoms with Crippen LogP contribution in [0.15, 0.2) is 65.4 Å². The van der Waals surface area contributed by atoms with Gasteiger partial charge in [0.2, 0.25) is 11.8 Å². The van der Waals surface area contributed by atoms with Crippen LogP contribution in [0.1, 0.15) is 41.5 Å². The summed E-state index contributed by atoms with van der Waals surface area (Å²) in [5.74, 6) is -0.338. The molecule has 2 aromatic heterocycles. The number of carbonyl (C=O) groups is 3. The quantitative estimate of drug-likeness (QED) is 0.317. The Balaban J connectivity index is 1.48. The molecular formula is C26H31N3O4S2. The highest BCUT2D eigenvalue weighted by Crippen LogP contribution is 2.19. The van der Waals surface area contributed by atoms with Crippen LogP contribution < -0.4 is 10.6 Å². The van der Waals surface area contributed by atoms with Crippen LogP contribution in [0.4, 0.5) is 4.79 Å². The minimum absolute atomic E-state index is 0.0998. The first-order valence-corrected chi connectivity index (χ1v) is 13.3. The molecule has 0 aliphatic heterocycles. The topological polar surface area (TPSA) is 87.7 Å². The molecule has 0 saturated heterocycles. The molecule has 3 amide bonds. The van der Waals surface area contributed by atoms with Crippen molar-refractivity contribution in [3.8, 4) is 0 Å². The number of thiophene rings is 2. The zero-order valence-electron chi connectivity index (χ0n) is 19.8. The van der Waals surface area contributed by atoms with Crippen LogP contribution in [0.2, 0.25) is 0 Å². The second-order valence-corrected chi connectivity index (χ2v) is 10.2. The highest BCUT2D eigenvalue weighted by molar-refractivity contribution is 7.10. The van der Waals surface area contributed by atoms with Crippen LogP contribution in [0.25, 0.3) is 0 Å². The standard InChI is InChI=1S/C26H31N3O4S2/c1-20(30)28-24(13-5-6-14-27-26(32)33-19-21-9-3-2-4-10-21)25(31)29(17-22-11-7-15-34-22)18-23-12-8-16-35-23/h2-4,7-12,15-16,24H,5-6,13-14,17-19H2,1H3,(H,27,32)(H,28,30)/t24-/m0/s1. The molecule has 0 spiro atoms. The van der Waals surface area contributed by atoms with E-state index in [0.717, 1.165) is 15.3 Å². The number of hydrogen-bond donors (Lipinski definition) is 2. The van der Waals surface area contributed by atoms with E-state index in [0.29, 0.717) is 38.9 Å². The van der Waals surface area contributed by atoms with E-state index < -0.39 is 12.1 Å². The molecule has 7 nitrogen and oxygen atoms in total. The van der Waals surface area contributed by atoms with Gasteiger partial charge in [0.05, 0.1) is 13.1 Å².